The molecule has 0 radical (unpaired) electrons. The van der Waals surface area contributed by atoms with Gasteiger partial charge >= 0.3 is 11.9 Å². The third-order valence-corrected chi connectivity index (χ3v) is 5.82. The van der Waals surface area contributed by atoms with Gasteiger partial charge in [0.2, 0.25) is 5.91 Å². The van der Waals surface area contributed by atoms with Crippen LogP contribution in [0.25, 0.3) is 0 Å². The highest BCUT2D eigenvalue weighted by Crippen LogP contribution is 2.36. The third kappa shape index (κ3) is 9.11. The highest BCUT2D eigenvalue weighted by Gasteiger charge is 2.41. The first-order valence-electron chi connectivity index (χ1n) is 11.6. The Kier molecular flexibility index (Phi) is 11.9. The molecular formula is C25H39NO5. The van der Waals surface area contributed by atoms with Gasteiger partial charge in [-0.1, -0.05) is 77.1 Å². The van der Waals surface area contributed by atoms with Crippen molar-refractivity contribution in [2.75, 3.05) is 0 Å². The molecule has 0 saturated carbocycles. The zero-order valence-electron chi connectivity index (χ0n) is 19.5. The van der Waals surface area contributed by atoms with E-state index in [9.17, 15) is 14.4 Å². The zero-order chi connectivity index (χ0) is 23.3. The van der Waals surface area contributed by atoms with Crippen molar-refractivity contribution >= 4 is 17.8 Å². The fraction of sp³-hybridized carbons (Fsp3) is 0.640. The molecule has 0 aliphatic rings. The maximum atomic E-state index is 12.2. The van der Waals surface area contributed by atoms with Gasteiger partial charge in [0.05, 0.1) is 6.04 Å². The summed E-state index contributed by atoms with van der Waals surface area (Å²) in [7, 11) is 0. The number of hydrogen-bond donors (Lipinski definition) is 2. The van der Waals surface area contributed by atoms with Crippen molar-refractivity contribution < 1.29 is 24.2 Å². The molecule has 0 aromatic heterocycles. The van der Waals surface area contributed by atoms with Crippen LogP contribution >= 0.6 is 0 Å². The smallest absolute Gasteiger partial charge is 0.317 e. The van der Waals surface area contributed by atoms with Crippen molar-refractivity contribution in [1.29, 1.82) is 0 Å². The van der Waals surface area contributed by atoms with Gasteiger partial charge in [-0.15, -0.1) is 0 Å². The number of ether oxygens (including phenoxy) is 1. The number of aryl methyl sites for hydroxylation is 1. The summed E-state index contributed by atoms with van der Waals surface area (Å²) in [5.41, 5.74) is 1.06. The molecule has 1 aromatic carbocycles. The Balaban J connectivity index is 2.96. The third-order valence-electron chi connectivity index (χ3n) is 5.82. The van der Waals surface area contributed by atoms with Gasteiger partial charge in [-0.05, 0) is 36.8 Å². The summed E-state index contributed by atoms with van der Waals surface area (Å²) in [6.07, 6.45) is 8.69. The Morgan fingerprint density at radius 2 is 1.55 bits per heavy atom. The van der Waals surface area contributed by atoms with E-state index in [-0.39, 0.29) is 5.91 Å². The van der Waals surface area contributed by atoms with Crippen LogP contribution in [0.2, 0.25) is 0 Å². The first-order valence-corrected chi connectivity index (χ1v) is 11.6. The van der Waals surface area contributed by atoms with Crippen LogP contribution in [0.3, 0.4) is 0 Å². The van der Waals surface area contributed by atoms with Crippen LogP contribution < -0.4 is 5.32 Å². The molecule has 1 unspecified atom stereocenters. The number of carbonyl (C=O) groups is 3. The lowest BCUT2D eigenvalue weighted by Crippen LogP contribution is -2.48. The Morgan fingerprint density at radius 1 is 0.968 bits per heavy atom. The first kappa shape index (κ1) is 26.7. The fourth-order valence-electron chi connectivity index (χ4n) is 3.96. The summed E-state index contributed by atoms with van der Waals surface area (Å²) < 4.78 is 5.67. The van der Waals surface area contributed by atoms with Crippen LogP contribution in [0, 0.1) is 0 Å². The SMILES string of the molecule is CCCCCCCCc1ccc(C(NC(C)=O)C(CC)(CC)OC(=O)CC(=O)O)cc1. The molecule has 0 saturated heterocycles. The number of carbonyl (C=O) groups excluding carboxylic acids is 2. The summed E-state index contributed by atoms with van der Waals surface area (Å²) >= 11 is 0. The van der Waals surface area contributed by atoms with Gasteiger partial charge in [0.1, 0.15) is 12.0 Å². The second-order valence-electron chi connectivity index (χ2n) is 8.21. The fourth-order valence-corrected chi connectivity index (χ4v) is 3.96. The summed E-state index contributed by atoms with van der Waals surface area (Å²) in [5.74, 6) is -2.27. The Bertz CT molecular complexity index is 694. The minimum Gasteiger partial charge on any atom is -0.481 e. The molecule has 6 nitrogen and oxygen atoms in total. The van der Waals surface area contributed by atoms with E-state index in [1.165, 1.54) is 44.6 Å². The number of benzene rings is 1. The van der Waals surface area contributed by atoms with Crippen molar-refractivity contribution in [3.63, 3.8) is 0 Å². The van der Waals surface area contributed by atoms with E-state index in [4.69, 9.17) is 9.84 Å². The van der Waals surface area contributed by atoms with Crippen molar-refractivity contribution in [2.24, 2.45) is 0 Å². The Labute approximate surface area is 186 Å². The monoisotopic (exact) mass is 433 g/mol. The number of unbranched alkanes of at least 4 members (excludes halogenated alkanes) is 5. The van der Waals surface area contributed by atoms with Crippen LogP contribution in [0.15, 0.2) is 24.3 Å². The maximum Gasteiger partial charge on any atom is 0.317 e. The van der Waals surface area contributed by atoms with Gasteiger partial charge in [0.25, 0.3) is 0 Å². The van der Waals surface area contributed by atoms with Crippen LogP contribution in [0.5, 0.6) is 0 Å². The van der Waals surface area contributed by atoms with E-state index in [0.29, 0.717) is 12.8 Å². The molecule has 0 aliphatic carbocycles. The lowest BCUT2D eigenvalue weighted by Gasteiger charge is -2.39. The summed E-state index contributed by atoms with van der Waals surface area (Å²) in [5, 5.41) is 11.8. The first-order chi connectivity index (χ1) is 14.8. The topological polar surface area (TPSA) is 92.7 Å². The van der Waals surface area contributed by atoms with E-state index >= 15 is 0 Å². The number of rotatable bonds is 15. The number of aliphatic carboxylic acids is 1. The molecule has 0 aliphatic heterocycles. The van der Waals surface area contributed by atoms with E-state index in [0.717, 1.165) is 18.4 Å². The molecule has 2 N–H and O–H groups in total. The molecule has 6 heteroatoms. The zero-order valence-corrected chi connectivity index (χ0v) is 19.5. The van der Waals surface area contributed by atoms with Crippen molar-refractivity contribution in [3.05, 3.63) is 35.4 Å². The lowest BCUT2D eigenvalue weighted by molar-refractivity contribution is -0.169. The van der Waals surface area contributed by atoms with Gasteiger partial charge in [-0.25, -0.2) is 0 Å². The van der Waals surface area contributed by atoms with E-state index < -0.39 is 30.0 Å². The van der Waals surface area contributed by atoms with Gasteiger partial charge in [-0.3, -0.25) is 14.4 Å². The maximum absolute atomic E-state index is 12.2. The molecule has 1 atom stereocenters. The standard InChI is InChI=1S/C25H39NO5/c1-5-8-9-10-11-12-13-20-14-16-21(17-15-20)24(26-19(4)27)25(6-2,7-3)31-23(30)18-22(28)29/h14-17,24H,5-13,18H2,1-4H3,(H,26,27)(H,28,29). The molecule has 174 valence electrons. The molecule has 1 rings (SSSR count). The summed E-state index contributed by atoms with van der Waals surface area (Å²) in [6, 6.07) is 7.51. The van der Waals surface area contributed by atoms with Crippen molar-refractivity contribution in [3.8, 4) is 0 Å². The average Bonchev–Trinajstić information content (AvgIpc) is 2.73. The largest absolute Gasteiger partial charge is 0.481 e. The predicted molar refractivity (Wildman–Crippen MR) is 122 cm³/mol. The van der Waals surface area contributed by atoms with Gasteiger partial charge in [-0.2, -0.15) is 0 Å². The number of nitrogens with one attached hydrogen (secondary N) is 1. The van der Waals surface area contributed by atoms with Gasteiger partial charge < -0.3 is 15.2 Å². The predicted octanol–water partition coefficient (Wildman–Crippen LogP) is 5.34. The van der Waals surface area contributed by atoms with Crippen LogP contribution in [-0.4, -0.2) is 28.6 Å². The minimum absolute atomic E-state index is 0.235. The molecule has 0 fully saturated rings. The molecule has 0 spiro atoms. The number of hydrogen-bond acceptors (Lipinski definition) is 4. The van der Waals surface area contributed by atoms with E-state index in [2.05, 4.69) is 24.4 Å². The highest BCUT2D eigenvalue weighted by molar-refractivity contribution is 5.90. The molecule has 0 bridgehead atoms. The van der Waals surface area contributed by atoms with Crippen LogP contribution in [0.4, 0.5) is 0 Å². The molecule has 0 heterocycles. The number of carboxylic acid groups (broad SMARTS) is 1. The normalized spacial score (nSPS) is 12.3. The molecule has 31 heavy (non-hydrogen) atoms. The van der Waals surface area contributed by atoms with E-state index in [1.54, 1.807) is 0 Å². The molecule has 1 aromatic rings. The highest BCUT2D eigenvalue weighted by atomic mass is 16.6. The summed E-state index contributed by atoms with van der Waals surface area (Å²) in [6.45, 7) is 7.39. The van der Waals surface area contributed by atoms with Crippen LogP contribution in [-0.2, 0) is 25.5 Å². The number of carboxylic acids is 1. The molecular weight excluding hydrogens is 394 g/mol. The lowest BCUT2D eigenvalue weighted by atomic mass is 9.83. The van der Waals surface area contributed by atoms with Crippen molar-refractivity contribution in [1.82, 2.24) is 5.32 Å². The van der Waals surface area contributed by atoms with E-state index in [1.807, 2.05) is 26.0 Å². The number of esters is 1. The molecule has 1 amide bonds. The quantitative estimate of drug-likeness (QED) is 0.221. The average molecular weight is 434 g/mol. The Hall–Kier alpha value is -2.37. The second kappa shape index (κ2) is 13.8. The Morgan fingerprint density at radius 3 is 2.06 bits per heavy atom. The summed E-state index contributed by atoms with van der Waals surface area (Å²) in [4.78, 5) is 35.0. The van der Waals surface area contributed by atoms with Gasteiger partial charge in [0, 0.05) is 6.92 Å². The van der Waals surface area contributed by atoms with Crippen molar-refractivity contribution in [2.45, 2.75) is 104 Å². The minimum atomic E-state index is -1.23. The van der Waals surface area contributed by atoms with Crippen LogP contribution in [0.1, 0.15) is 103 Å². The van der Waals surface area contributed by atoms with Gasteiger partial charge in [0.15, 0.2) is 0 Å². The second-order valence-corrected chi connectivity index (χ2v) is 8.21. The number of amides is 1.